The summed E-state index contributed by atoms with van der Waals surface area (Å²) in [5.74, 6) is -3.07. The normalized spacial score (nSPS) is 10.4. The third-order valence-electron chi connectivity index (χ3n) is 2.39. The van der Waals surface area contributed by atoms with Gasteiger partial charge < -0.3 is 5.32 Å². The summed E-state index contributed by atoms with van der Waals surface area (Å²) in [6.07, 6.45) is 0. The Morgan fingerprint density at radius 2 is 1.67 bits per heavy atom. The van der Waals surface area contributed by atoms with Crippen molar-refractivity contribution in [3.63, 3.8) is 0 Å². The third kappa shape index (κ3) is 3.16. The Morgan fingerprint density at radius 1 is 1.00 bits per heavy atom. The van der Waals surface area contributed by atoms with Gasteiger partial charge in [-0.05, 0) is 40.3 Å². The van der Waals surface area contributed by atoms with Crippen molar-refractivity contribution in [2.24, 2.45) is 0 Å². The third-order valence-corrected chi connectivity index (χ3v) is 3.11. The molecule has 0 aliphatic carbocycles. The number of benzene rings is 2. The molecule has 0 saturated carbocycles. The van der Waals surface area contributed by atoms with Crippen LogP contribution in [0.4, 0.5) is 18.9 Å². The molecule has 0 spiro atoms. The van der Waals surface area contributed by atoms with Gasteiger partial charge in [-0.25, -0.2) is 13.2 Å². The topological polar surface area (TPSA) is 12.0 Å². The maximum atomic E-state index is 13.3. The Morgan fingerprint density at radius 3 is 2.33 bits per heavy atom. The highest BCUT2D eigenvalue weighted by molar-refractivity contribution is 14.1. The maximum Gasteiger partial charge on any atom is 0.182 e. The predicted molar refractivity (Wildman–Crippen MR) is 72.8 cm³/mol. The van der Waals surface area contributed by atoms with E-state index in [2.05, 4.69) is 27.9 Å². The highest BCUT2D eigenvalue weighted by atomic mass is 127. The second-order valence-corrected chi connectivity index (χ2v) is 4.97. The maximum absolute atomic E-state index is 13.3. The van der Waals surface area contributed by atoms with Gasteiger partial charge in [0.15, 0.2) is 11.6 Å². The van der Waals surface area contributed by atoms with E-state index < -0.39 is 17.5 Å². The molecule has 0 bridgehead atoms. The van der Waals surface area contributed by atoms with Crippen LogP contribution < -0.4 is 5.32 Å². The summed E-state index contributed by atoms with van der Waals surface area (Å²) < 4.78 is 40.3. The minimum Gasteiger partial charge on any atom is -0.378 e. The number of halogens is 4. The summed E-state index contributed by atoms with van der Waals surface area (Å²) in [6, 6.07) is 8.99. The van der Waals surface area contributed by atoms with Crippen LogP contribution in [0.1, 0.15) is 5.56 Å². The first kappa shape index (κ1) is 13.2. The van der Waals surface area contributed by atoms with Crippen LogP contribution in [0.15, 0.2) is 36.4 Å². The second kappa shape index (κ2) is 5.60. The van der Waals surface area contributed by atoms with Crippen molar-refractivity contribution >= 4 is 28.3 Å². The van der Waals surface area contributed by atoms with E-state index in [9.17, 15) is 13.2 Å². The van der Waals surface area contributed by atoms with Gasteiger partial charge in [0.2, 0.25) is 0 Å². The standard InChI is InChI=1S/C13H9F3IN/c14-9-5-11(15)13(16)12(6-9)18-7-8-1-3-10(17)4-2-8/h1-6,18H,7H2. The van der Waals surface area contributed by atoms with Gasteiger partial charge in [0.1, 0.15) is 5.82 Å². The number of hydrogen-bond acceptors (Lipinski definition) is 1. The molecule has 18 heavy (non-hydrogen) atoms. The first-order chi connectivity index (χ1) is 8.56. The lowest BCUT2D eigenvalue weighted by molar-refractivity contribution is 0.497. The van der Waals surface area contributed by atoms with E-state index in [0.717, 1.165) is 15.2 Å². The van der Waals surface area contributed by atoms with Crippen LogP contribution >= 0.6 is 22.6 Å². The average Bonchev–Trinajstić information content (AvgIpc) is 2.34. The summed E-state index contributed by atoms with van der Waals surface area (Å²) in [5.41, 5.74) is 0.727. The molecule has 0 heterocycles. The molecule has 1 N–H and O–H groups in total. The average molecular weight is 363 g/mol. The fourth-order valence-electron chi connectivity index (χ4n) is 1.48. The molecule has 2 aromatic carbocycles. The molecule has 1 nitrogen and oxygen atoms in total. The monoisotopic (exact) mass is 363 g/mol. The van der Waals surface area contributed by atoms with Crippen molar-refractivity contribution in [2.45, 2.75) is 6.54 Å². The van der Waals surface area contributed by atoms with Gasteiger partial charge in [0.25, 0.3) is 0 Å². The summed E-state index contributed by atoms with van der Waals surface area (Å²) in [7, 11) is 0. The molecule has 0 aromatic heterocycles. The lowest BCUT2D eigenvalue weighted by Gasteiger charge is -2.08. The van der Waals surface area contributed by atoms with Crippen LogP contribution in [0.5, 0.6) is 0 Å². The zero-order chi connectivity index (χ0) is 13.1. The van der Waals surface area contributed by atoms with E-state index in [-0.39, 0.29) is 5.69 Å². The highest BCUT2D eigenvalue weighted by Crippen LogP contribution is 2.20. The number of anilines is 1. The van der Waals surface area contributed by atoms with E-state index >= 15 is 0 Å². The van der Waals surface area contributed by atoms with Gasteiger partial charge in [-0.15, -0.1) is 0 Å². The molecule has 0 saturated heterocycles. The van der Waals surface area contributed by atoms with Gasteiger partial charge in [-0.1, -0.05) is 12.1 Å². The van der Waals surface area contributed by atoms with Crippen LogP contribution in [0, 0.1) is 21.0 Å². The van der Waals surface area contributed by atoms with Gasteiger partial charge in [-0.2, -0.15) is 0 Å². The Labute approximate surface area is 116 Å². The molecule has 0 aliphatic heterocycles. The van der Waals surface area contributed by atoms with Crippen molar-refractivity contribution in [2.75, 3.05) is 5.32 Å². The van der Waals surface area contributed by atoms with Gasteiger partial charge in [0.05, 0.1) is 5.69 Å². The Hall–Kier alpha value is -1.24. The first-order valence-electron chi connectivity index (χ1n) is 5.19. The number of rotatable bonds is 3. The quantitative estimate of drug-likeness (QED) is 0.633. The zero-order valence-corrected chi connectivity index (χ0v) is 11.3. The molecular weight excluding hydrogens is 354 g/mol. The SMILES string of the molecule is Fc1cc(F)c(F)c(NCc2ccc(I)cc2)c1. The largest absolute Gasteiger partial charge is 0.378 e. The van der Waals surface area contributed by atoms with E-state index in [4.69, 9.17) is 0 Å². The van der Waals surface area contributed by atoms with Crippen LogP contribution in [0.3, 0.4) is 0 Å². The Bertz CT molecular complexity index is 555. The van der Waals surface area contributed by atoms with Gasteiger partial charge >= 0.3 is 0 Å². The van der Waals surface area contributed by atoms with Crippen molar-refractivity contribution in [1.82, 2.24) is 0 Å². The van der Waals surface area contributed by atoms with Crippen molar-refractivity contribution in [1.29, 1.82) is 0 Å². The fraction of sp³-hybridized carbons (Fsp3) is 0.0769. The highest BCUT2D eigenvalue weighted by Gasteiger charge is 2.10. The number of nitrogens with one attached hydrogen (secondary N) is 1. The molecule has 0 radical (unpaired) electrons. The van der Waals surface area contributed by atoms with Crippen LogP contribution in [-0.2, 0) is 6.54 Å². The Kier molecular flexibility index (Phi) is 4.11. The minimum absolute atomic E-state index is 0.175. The van der Waals surface area contributed by atoms with E-state index in [0.29, 0.717) is 12.6 Å². The summed E-state index contributed by atoms with van der Waals surface area (Å²) in [6.45, 7) is 0.302. The molecule has 0 amide bonds. The van der Waals surface area contributed by atoms with Gasteiger partial charge in [0, 0.05) is 22.2 Å². The fourth-order valence-corrected chi connectivity index (χ4v) is 1.84. The van der Waals surface area contributed by atoms with Crippen LogP contribution in [0.25, 0.3) is 0 Å². The van der Waals surface area contributed by atoms with Crippen molar-refractivity contribution in [3.8, 4) is 0 Å². The van der Waals surface area contributed by atoms with Crippen molar-refractivity contribution in [3.05, 3.63) is 63.0 Å². The molecule has 0 aliphatic rings. The van der Waals surface area contributed by atoms with E-state index in [1.54, 1.807) is 0 Å². The molecule has 2 aromatic rings. The molecule has 5 heteroatoms. The smallest absolute Gasteiger partial charge is 0.182 e. The Balaban J connectivity index is 2.13. The molecule has 2 rings (SSSR count). The van der Waals surface area contributed by atoms with Gasteiger partial charge in [-0.3, -0.25) is 0 Å². The lowest BCUT2D eigenvalue weighted by Crippen LogP contribution is -2.03. The molecule has 0 atom stereocenters. The van der Waals surface area contributed by atoms with E-state index in [1.807, 2.05) is 24.3 Å². The van der Waals surface area contributed by atoms with Crippen LogP contribution in [0.2, 0.25) is 0 Å². The van der Waals surface area contributed by atoms with Crippen molar-refractivity contribution < 1.29 is 13.2 Å². The summed E-state index contributed by atoms with van der Waals surface area (Å²) in [4.78, 5) is 0. The minimum atomic E-state index is -1.19. The molecule has 0 fully saturated rings. The predicted octanol–water partition coefficient (Wildman–Crippen LogP) is 4.32. The van der Waals surface area contributed by atoms with E-state index in [1.165, 1.54) is 0 Å². The number of hydrogen-bond donors (Lipinski definition) is 1. The first-order valence-corrected chi connectivity index (χ1v) is 6.27. The summed E-state index contributed by atoms with van der Waals surface area (Å²) in [5, 5.41) is 2.67. The zero-order valence-electron chi connectivity index (χ0n) is 9.18. The van der Waals surface area contributed by atoms with Crippen LogP contribution in [-0.4, -0.2) is 0 Å². The molecule has 94 valence electrons. The molecular formula is C13H9F3IN. The summed E-state index contributed by atoms with van der Waals surface area (Å²) >= 11 is 2.17. The lowest BCUT2D eigenvalue weighted by atomic mass is 10.2. The molecule has 0 unspecified atom stereocenters. The second-order valence-electron chi connectivity index (χ2n) is 3.73.